The maximum absolute atomic E-state index is 8.88. The third-order valence-electron chi connectivity index (χ3n) is 0. The molecule has 13 heteroatoms. The Morgan fingerprint density at radius 3 is 0.692 bits per heavy atom. The Bertz CT molecular complexity index is 136. The Morgan fingerprint density at radius 2 is 0.692 bits per heavy atom. The quantitative estimate of drug-likeness (QED) is 0.183. The van der Waals surface area contributed by atoms with Gasteiger partial charge in [-0.3, -0.25) is 0 Å². The van der Waals surface area contributed by atoms with E-state index < -0.39 is 15.6 Å². The molecule has 0 aromatic rings. The molecule has 0 radical (unpaired) electrons. The van der Waals surface area contributed by atoms with Crippen LogP contribution in [0, 0.1) is 0 Å². The Balaban J connectivity index is -0.0000000128. The zero-order chi connectivity index (χ0) is 9.00. The molecule has 9 nitrogen and oxygen atoms in total. The average Bonchev–Trinajstić information content (AvgIpc) is 1.12. The molecule has 0 saturated heterocycles. The first-order valence-corrected chi connectivity index (χ1v) is 4.70. The first kappa shape index (κ1) is 29.5. The van der Waals surface area contributed by atoms with Crippen molar-refractivity contribution in [3.63, 3.8) is 0 Å². The van der Waals surface area contributed by atoms with E-state index in [1.165, 1.54) is 0 Å². The number of rotatable bonds is 0. The van der Waals surface area contributed by atoms with Gasteiger partial charge in [-0.05, 0) is 0 Å². The van der Waals surface area contributed by atoms with Gasteiger partial charge >= 0.3 is 74.8 Å². The van der Waals surface area contributed by atoms with Crippen molar-refractivity contribution >= 4 is 15.6 Å². The minimum Gasteiger partial charge on any atom is -1.00 e. The van der Waals surface area contributed by atoms with E-state index in [9.17, 15) is 0 Å². The molecule has 0 fully saturated rings. The fourth-order valence-corrected chi connectivity index (χ4v) is 0. The van der Waals surface area contributed by atoms with Crippen LogP contribution >= 0.6 is 15.6 Å². The summed E-state index contributed by atoms with van der Waals surface area (Å²) in [6.07, 6.45) is 0. The van der Waals surface area contributed by atoms with Gasteiger partial charge in [0, 0.05) is 0 Å². The second-order valence-electron chi connectivity index (χ2n) is 1.03. The van der Waals surface area contributed by atoms with Crippen LogP contribution in [0.3, 0.4) is 0 Å². The summed E-state index contributed by atoms with van der Waals surface area (Å²) in [6.45, 7) is 0. The normalized spacial score (nSPS) is 9.08. The van der Waals surface area contributed by atoms with Crippen LogP contribution in [0.5, 0.6) is 0 Å². The van der Waals surface area contributed by atoms with Gasteiger partial charge in [-0.25, -0.2) is 9.13 Å². The summed E-state index contributed by atoms with van der Waals surface area (Å²) >= 11 is 0. The van der Waals surface area contributed by atoms with Gasteiger partial charge < -0.3 is 37.7 Å². The molecule has 0 amide bonds. The topological polar surface area (TPSA) is 187 Å². The van der Waals surface area contributed by atoms with Gasteiger partial charge in [-0.1, -0.05) is 0 Å². The van der Waals surface area contributed by atoms with Gasteiger partial charge in [-0.2, -0.15) is 0 Å². The van der Waals surface area contributed by atoms with Gasteiger partial charge in [0.25, 0.3) is 0 Å². The third-order valence-corrected chi connectivity index (χ3v) is 0. The molecule has 0 aromatic heterocycles. The van der Waals surface area contributed by atoms with E-state index in [-0.39, 0.29) is 67.4 Å². The van der Waals surface area contributed by atoms with E-state index >= 15 is 0 Å². The molecule has 0 aromatic carbocycles. The maximum Gasteiger partial charge on any atom is 1.00 e. The average molecular weight is 262 g/mol. The third kappa shape index (κ3) is 443. The Morgan fingerprint density at radius 1 is 0.692 bits per heavy atom. The molecular weight excluding hydrogens is 252 g/mol. The minimum absolute atomic E-state index is 0. The smallest absolute Gasteiger partial charge is 1.00 e. The van der Waals surface area contributed by atoms with E-state index in [2.05, 4.69) is 0 Å². The van der Waals surface area contributed by atoms with E-state index in [1.54, 1.807) is 0 Å². The molecule has 0 unspecified atom stereocenters. The van der Waals surface area contributed by atoms with Crippen LogP contribution < -0.4 is 59.1 Å². The van der Waals surface area contributed by atoms with Gasteiger partial charge in [0.2, 0.25) is 0 Å². The molecule has 0 atom stereocenters. The van der Waals surface area contributed by atoms with Crippen LogP contribution in [-0.4, -0.2) is 34.8 Å². The molecule has 0 rings (SSSR count). The summed E-state index contributed by atoms with van der Waals surface area (Å²) in [6, 6.07) is 0. The number of phosphoric acid groups is 2. The molecule has 0 saturated carbocycles. The number of hydrogen-bond donors (Lipinski definition) is 6. The van der Waals surface area contributed by atoms with Crippen LogP contribution in [-0.2, 0) is 9.13 Å². The van der Waals surface area contributed by atoms with Crippen molar-refractivity contribution in [2.45, 2.75) is 0 Å². The SMILES string of the molecule is O.O=P(O)(O)O.O=P(O)(O)O.[H-].[H-].[Na+].[Na+]. The van der Waals surface area contributed by atoms with Crippen LogP contribution in [0.15, 0.2) is 0 Å². The molecule has 0 aliphatic heterocycles. The fraction of sp³-hybridized carbons (Fsp3) is 0. The van der Waals surface area contributed by atoms with Gasteiger partial charge in [0.05, 0.1) is 0 Å². The van der Waals surface area contributed by atoms with Crippen molar-refractivity contribution in [2.75, 3.05) is 0 Å². The molecule has 0 heterocycles. The Labute approximate surface area is 121 Å². The fourth-order valence-electron chi connectivity index (χ4n) is 0. The zero-order valence-electron chi connectivity index (χ0n) is 8.89. The van der Waals surface area contributed by atoms with Crippen molar-refractivity contribution in [1.82, 2.24) is 0 Å². The molecule has 8 N–H and O–H groups in total. The Kier molecular flexibility index (Phi) is 27.8. The molecule has 76 valence electrons. The molecule has 0 bridgehead atoms. The van der Waals surface area contributed by atoms with Crippen LogP contribution in [0.25, 0.3) is 0 Å². The van der Waals surface area contributed by atoms with Crippen LogP contribution in [0.2, 0.25) is 0 Å². The standard InChI is InChI=1S/2Na.2H3O4P.H2O.2H/c;;2*1-5(2,3)4;;;/h;;2*(H3,1,2,3,4);1H2;;/q2*+1;;;;2*-1. The van der Waals surface area contributed by atoms with Crippen molar-refractivity contribution in [2.24, 2.45) is 0 Å². The first-order chi connectivity index (χ1) is 4.00. The van der Waals surface area contributed by atoms with Crippen molar-refractivity contribution in [3.05, 3.63) is 0 Å². The number of hydrogen-bond acceptors (Lipinski definition) is 2. The van der Waals surface area contributed by atoms with Gasteiger partial charge in [0.1, 0.15) is 0 Å². The summed E-state index contributed by atoms with van der Waals surface area (Å²) in [5.41, 5.74) is 0. The zero-order valence-corrected chi connectivity index (χ0v) is 12.7. The largest absolute Gasteiger partial charge is 1.00 e. The summed E-state index contributed by atoms with van der Waals surface area (Å²) in [5.74, 6) is 0. The van der Waals surface area contributed by atoms with Crippen molar-refractivity contribution < 1.29 is 106 Å². The van der Waals surface area contributed by atoms with E-state index in [0.717, 1.165) is 0 Å². The molecule has 0 aliphatic rings. The van der Waals surface area contributed by atoms with E-state index in [1.807, 2.05) is 0 Å². The predicted octanol–water partition coefficient (Wildman–Crippen LogP) is -8.45. The Hall–Kier alpha value is 2.18. The molecule has 0 spiro atoms. The second-order valence-corrected chi connectivity index (χ2v) is 3.08. The van der Waals surface area contributed by atoms with E-state index in [4.69, 9.17) is 38.5 Å². The van der Waals surface area contributed by atoms with Crippen molar-refractivity contribution in [1.29, 1.82) is 0 Å². The van der Waals surface area contributed by atoms with Crippen LogP contribution in [0.4, 0.5) is 0 Å². The van der Waals surface area contributed by atoms with E-state index in [0.29, 0.717) is 0 Å². The predicted molar refractivity (Wildman–Crippen MR) is 34.4 cm³/mol. The first-order valence-electron chi connectivity index (χ1n) is 1.57. The molecule has 0 aliphatic carbocycles. The van der Waals surface area contributed by atoms with Gasteiger partial charge in [-0.15, -0.1) is 0 Å². The molecular formula is H10Na2O9P2. The summed E-state index contributed by atoms with van der Waals surface area (Å²) in [7, 11) is -9.28. The van der Waals surface area contributed by atoms with Crippen molar-refractivity contribution in [3.8, 4) is 0 Å². The second kappa shape index (κ2) is 12.3. The maximum atomic E-state index is 8.88. The summed E-state index contributed by atoms with van der Waals surface area (Å²) in [4.78, 5) is 43.1. The minimum atomic E-state index is -4.64. The molecule has 13 heavy (non-hydrogen) atoms. The van der Waals surface area contributed by atoms with Gasteiger partial charge in [0.15, 0.2) is 0 Å². The monoisotopic (exact) mass is 262 g/mol. The van der Waals surface area contributed by atoms with Crippen LogP contribution in [0.1, 0.15) is 2.85 Å². The summed E-state index contributed by atoms with van der Waals surface area (Å²) < 4.78 is 17.8. The summed E-state index contributed by atoms with van der Waals surface area (Å²) in [5, 5.41) is 0.